The molecular formula is C17H30N2. The van der Waals surface area contributed by atoms with Crippen molar-refractivity contribution in [1.82, 2.24) is 4.90 Å². The van der Waals surface area contributed by atoms with E-state index < -0.39 is 0 Å². The summed E-state index contributed by atoms with van der Waals surface area (Å²) in [7, 11) is 2.20. The molecule has 0 aliphatic heterocycles. The highest BCUT2D eigenvalue weighted by Crippen LogP contribution is 2.32. The molecule has 0 saturated carbocycles. The van der Waals surface area contributed by atoms with Gasteiger partial charge in [0, 0.05) is 19.1 Å². The van der Waals surface area contributed by atoms with Crippen molar-refractivity contribution >= 4 is 0 Å². The van der Waals surface area contributed by atoms with Crippen molar-refractivity contribution < 1.29 is 0 Å². The van der Waals surface area contributed by atoms with Gasteiger partial charge in [-0.25, -0.2) is 0 Å². The van der Waals surface area contributed by atoms with Gasteiger partial charge in [0.05, 0.1) is 0 Å². The number of nitrogens with zero attached hydrogens (tertiary/aromatic N) is 1. The maximum absolute atomic E-state index is 6.46. The zero-order valence-electron chi connectivity index (χ0n) is 13.2. The molecule has 0 fully saturated rings. The quantitative estimate of drug-likeness (QED) is 0.812. The van der Waals surface area contributed by atoms with Crippen molar-refractivity contribution in [3.05, 3.63) is 35.9 Å². The molecule has 0 aliphatic rings. The van der Waals surface area contributed by atoms with E-state index in [2.05, 4.69) is 63.9 Å². The van der Waals surface area contributed by atoms with Gasteiger partial charge in [0.2, 0.25) is 0 Å². The maximum Gasteiger partial charge on any atom is 0.0359 e. The van der Waals surface area contributed by atoms with Crippen LogP contribution in [0.1, 0.15) is 45.7 Å². The van der Waals surface area contributed by atoms with Crippen LogP contribution in [0.15, 0.2) is 30.3 Å². The van der Waals surface area contributed by atoms with Gasteiger partial charge in [0.1, 0.15) is 0 Å². The van der Waals surface area contributed by atoms with Crippen molar-refractivity contribution in [2.75, 3.05) is 20.1 Å². The van der Waals surface area contributed by atoms with Crippen molar-refractivity contribution in [3.8, 4) is 0 Å². The Morgan fingerprint density at radius 3 is 2.32 bits per heavy atom. The van der Waals surface area contributed by atoms with Crippen molar-refractivity contribution in [1.29, 1.82) is 0 Å². The monoisotopic (exact) mass is 262 g/mol. The van der Waals surface area contributed by atoms with Crippen LogP contribution < -0.4 is 5.73 Å². The third kappa shape index (κ3) is 4.96. The fourth-order valence-electron chi connectivity index (χ4n) is 2.63. The third-order valence-corrected chi connectivity index (χ3v) is 4.00. The molecule has 0 saturated heterocycles. The number of hydrogen-bond acceptors (Lipinski definition) is 2. The second kappa shape index (κ2) is 7.06. The lowest BCUT2D eigenvalue weighted by molar-refractivity contribution is 0.161. The topological polar surface area (TPSA) is 29.3 Å². The second-order valence-corrected chi connectivity index (χ2v) is 6.59. The van der Waals surface area contributed by atoms with Crippen molar-refractivity contribution in [2.24, 2.45) is 17.1 Å². The normalized spacial score (nSPS) is 15.5. The van der Waals surface area contributed by atoms with E-state index in [1.165, 1.54) is 12.0 Å². The molecule has 2 N–H and O–H groups in total. The Kier molecular flexibility index (Phi) is 6.02. The first-order valence-electron chi connectivity index (χ1n) is 7.36. The molecule has 2 atom stereocenters. The molecule has 1 aromatic rings. The highest BCUT2D eigenvalue weighted by Gasteiger charge is 2.29. The molecule has 1 rings (SSSR count). The minimum atomic E-state index is 0.0730. The van der Waals surface area contributed by atoms with Crippen LogP contribution in [-0.4, -0.2) is 25.0 Å². The molecule has 2 heteroatoms. The van der Waals surface area contributed by atoms with E-state index in [1.807, 2.05) is 6.07 Å². The minimum absolute atomic E-state index is 0.0730. The Bertz CT molecular complexity index is 359. The van der Waals surface area contributed by atoms with E-state index >= 15 is 0 Å². The molecule has 0 bridgehead atoms. The Morgan fingerprint density at radius 2 is 1.79 bits per heavy atom. The van der Waals surface area contributed by atoms with E-state index in [1.54, 1.807) is 0 Å². The highest BCUT2D eigenvalue weighted by molar-refractivity contribution is 5.20. The van der Waals surface area contributed by atoms with Crippen LogP contribution in [0.5, 0.6) is 0 Å². The van der Waals surface area contributed by atoms with E-state index in [4.69, 9.17) is 5.73 Å². The van der Waals surface area contributed by atoms with Crippen LogP contribution in [0.25, 0.3) is 0 Å². The van der Waals surface area contributed by atoms with Crippen LogP contribution in [0.4, 0.5) is 0 Å². The first kappa shape index (κ1) is 16.2. The molecule has 2 unspecified atom stereocenters. The second-order valence-electron chi connectivity index (χ2n) is 6.59. The predicted molar refractivity (Wildman–Crippen MR) is 84.1 cm³/mol. The highest BCUT2D eigenvalue weighted by atomic mass is 15.1. The average Bonchev–Trinajstić information content (AvgIpc) is 2.37. The van der Waals surface area contributed by atoms with Crippen molar-refractivity contribution in [3.63, 3.8) is 0 Å². The van der Waals surface area contributed by atoms with Gasteiger partial charge in [0.25, 0.3) is 0 Å². The summed E-state index contributed by atoms with van der Waals surface area (Å²) in [5.74, 6) is 0.744. The zero-order valence-corrected chi connectivity index (χ0v) is 13.2. The van der Waals surface area contributed by atoms with Gasteiger partial charge in [-0.3, -0.25) is 0 Å². The molecule has 2 nitrogen and oxygen atoms in total. The number of nitrogens with two attached hydrogens (primary N) is 1. The molecule has 0 aromatic heterocycles. The molecule has 0 amide bonds. The Balaban J connectivity index is 2.64. The molecule has 0 radical (unpaired) electrons. The summed E-state index contributed by atoms with van der Waals surface area (Å²) in [4.78, 5) is 2.41. The lowest BCUT2D eigenvalue weighted by Gasteiger charge is -2.36. The van der Waals surface area contributed by atoms with Gasteiger partial charge in [-0.05, 0) is 23.9 Å². The average molecular weight is 262 g/mol. The zero-order chi connectivity index (χ0) is 14.5. The standard InChI is InChI=1S/C17H30N2/c1-6-14(2)12-19(5)13-17(3,4)16(18)15-10-8-7-9-11-15/h7-11,14,16H,6,12-13,18H2,1-5H3. The van der Waals surface area contributed by atoms with E-state index in [-0.39, 0.29) is 11.5 Å². The smallest absolute Gasteiger partial charge is 0.0359 e. The number of hydrogen-bond donors (Lipinski definition) is 1. The first-order valence-corrected chi connectivity index (χ1v) is 7.36. The Morgan fingerprint density at radius 1 is 1.21 bits per heavy atom. The summed E-state index contributed by atoms with van der Waals surface area (Å²) in [6.07, 6.45) is 1.23. The van der Waals surface area contributed by atoms with E-state index in [0.717, 1.165) is 19.0 Å². The van der Waals surface area contributed by atoms with Gasteiger partial charge >= 0.3 is 0 Å². The van der Waals surface area contributed by atoms with E-state index in [9.17, 15) is 0 Å². The molecule has 0 heterocycles. The molecule has 0 spiro atoms. The fourth-order valence-corrected chi connectivity index (χ4v) is 2.63. The summed E-state index contributed by atoms with van der Waals surface area (Å²) < 4.78 is 0. The van der Waals surface area contributed by atoms with Crippen LogP contribution >= 0.6 is 0 Å². The van der Waals surface area contributed by atoms with Gasteiger partial charge in [0.15, 0.2) is 0 Å². The lowest BCUT2D eigenvalue weighted by Crippen LogP contribution is -2.40. The predicted octanol–water partition coefficient (Wildman–Crippen LogP) is 3.69. The fraction of sp³-hybridized carbons (Fsp3) is 0.647. The SMILES string of the molecule is CCC(C)CN(C)CC(C)(C)C(N)c1ccccc1. The number of rotatable bonds is 7. The Labute approximate surface area is 119 Å². The largest absolute Gasteiger partial charge is 0.323 e. The van der Waals surface area contributed by atoms with Gasteiger partial charge in [-0.2, -0.15) is 0 Å². The maximum atomic E-state index is 6.46. The summed E-state index contributed by atoms with van der Waals surface area (Å²) in [6.45, 7) is 11.2. The molecular weight excluding hydrogens is 232 g/mol. The molecule has 19 heavy (non-hydrogen) atoms. The van der Waals surface area contributed by atoms with E-state index in [0.29, 0.717) is 0 Å². The van der Waals surface area contributed by atoms with Crippen LogP contribution in [0.3, 0.4) is 0 Å². The van der Waals surface area contributed by atoms with Crippen LogP contribution in [-0.2, 0) is 0 Å². The minimum Gasteiger partial charge on any atom is -0.323 e. The third-order valence-electron chi connectivity index (χ3n) is 4.00. The van der Waals surface area contributed by atoms with Gasteiger partial charge < -0.3 is 10.6 Å². The summed E-state index contributed by atoms with van der Waals surface area (Å²) in [5.41, 5.74) is 7.76. The molecule has 108 valence electrons. The van der Waals surface area contributed by atoms with Crippen LogP contribution in [0.2, 0.25) is 0 Å². The first-order chi connectivity index (χ1) is 8.86. The summed E-state index contributed by atoms with van der Waals surface area (Å²) in [6, 6.07) is 10.5. The lowest BCUT2D eigenvalue weighted by atomic mass is 9.80. The van der Waals surface area contributed by atoms with Gasteiger partial charge in [-0.15, -0.1) is 0 Å². The molecule has 0 aliphatic carbocycles. The summed E-state index contributed by atoms with van der Waals surface area (Å²) in [5, 5.41) is 0. The summed E-state index contributed by atoms with van der Waals surface area (Å²) >= 11 is 0. The molecule has 1 aromatic carbocycles. The Hall–Kier alpha value is -0.860. The number of benzene rings is 1. The van der Waals surface area contributed by atoms with Crippen molar-refractivity contribution in [2.45, 2.75) is 40.2 Å². The van der Waals surface area contributed by atoms with Gasteiger partial charge in [-0.1, -0.05) is 64.4 Å². The van der Waals surface area contributed by atoms with Crippen LogP contribution in [0, 0.1) is 11.3 Å².